The van der Waals surface area contributed by atoms with Crippen LogP contribution in [0.4, 0.5) is 0 Å². The van der Waals surface area contributed by atoms with E-state index in [4.69, 9.17) is 0 Å². The molecule has 1 aromatic heterocycles. The number of ketones is 1. The van der Waals surface area contributed by atoms with Crippen LogP contribution in [0.15, 0.2) is 42.5 Å². The standard InChI is InChI=1S/C21H26N2O2/c1-15(2)8-7-11-20(24)17-13-18(12-16-9-5-4-6-10-16)23-19(14-17)21(25)22-3/h4-6,9-10,13-15H,7-8,11-12H2,1-3H3,(H,22,25). The minimum absolute atomic E-state index is 0.0718. The van der Waals surface area contributed by atoms with E-state index in [-0.39, 0.29) is 11.7 Å². The van der Waals surface area contributed by atoms with Crippen LogP contribution in [0.3, 0.4) is 0 Å². The Morgan fingerprint density at radius 1 is 1.12 bits per heavy atom. The van der Waals surface area contributed by atoms with Crippen molar-refractivity contribution in [2.75, 3.05) is 7.05 Å². The summed E-state index contributed by atoms with van der Waals surface area (Å²) in [6, 6.07) is 13.3. The van der Waals surface area contributed by atoms with Crippen LogP contribution >= 0.6 is 0 Å². The van der Waals surface area contributed by atoms with Crippen LogP contribution in [0.25, 0.3) is 0 Å². The minimum atomic E-state index is -0.272. The van der Waals surface area contributed by atoms with Crippen molar-refractivity contribution in [1.29, 1.82) is 0 Å². The number of rotatable bonds is 8. The zero-order valence-electron chi connectivity index (χ0n) is 15.2. The second-order valence-electron chi connectivity index (χ2n) is 6.68. The Bertz CT molecular complexity index is 724. The maximum atomic E-state index is 12.5. The van der Waals surface area contributed by atoms with Crippen molar-refractivity contribution in [2.24, 2.45) is 5.92 Å². The first-order valence-electron chi connectivity index (χ1n) is 8.79. The number of pyridine rings is 1. The fourth-order valence-electron chi connectivity index (χ4n) is 2.70. The molecule has 1 N–H and O–H groups in total. The van der Waals surface area contributed by atoms with Crippen molar-refractivity contribution >= 4 is 11.7 Å². The van der Waals surface area contributed by atoms with Crippen molar-refractivity contribution < 1.29 is 9.59 Å². The van der Waals surface area contributed by atoms with E-state index < -0.39 is 0 Å². The smallest absolute Gasteiger partial charge is 0.269 e. The number of aromatic nitrogens is 1. The Labute approximate surface area is 149 Å². The van der Waals surface area contributed by atoms with Gasteiger partial charge in [-0.2, -0.15) is 0 Å². The molecule has 2 aromatic rings. The van der Waals surface area contributed by atoms with E-state index in [1.54, 1.807) is 13.1 Å². The normalized spacial score (nSPS) is 10.7. The average Bonchev–Trinajstić information content (AvgIpc) is 2.61. The molecule has 0 atom stereocenters. The summed E-state index contributed by atoms with van der Waals surface area (Å²) in [6.45, 7) is 4.30. The molecule has 0 radical (unpaired) electrons. The number of Topliss-reactive ketones (excluding diaryl/α,β-unsaturated/α-hetero) is 1. The fraction of sp³-hybridized carbons (Fsp3) is 0.381. The van der Waals surface area contributed by atoms with Crippen LogP contribution < -0.4 is 5.32 Å². The predicted molar refractivity (Wildman–Crippen MR) is 99.9 cm³/mol. The molecule has 0 unspecified atom stereocenters. The molecule has 25 heavy (non-hydrogen) atoms. The van der Waals surface area contributed by atoms with Crippen LogP contribution in [-0.4, -0.2) is 23.7 Å². The van der Waals surface area contributed by atoms with Crippen LogP contribution in [0.1, 0.15) is 65.2 Å². The number of carbonyl (C=O) groups is 2. The SMILES string of the molecule is CNC(=O)c1cc(C(=O)CCCC(C)C)cc(Cc2ccccc2)n1. The summed E-state index contributed by atoms with van der Waals surface area (Å²) in [4.78, 5) is 29.0. The monoisotopic (exact) mass is 338 g/mol. The lowest BCUT2D eigenvalue weighted by atomic mass is 9.99. The van der Waals surface area contributed by atoms with Crippen molar-refractivity contribution in [2.45, 2.75) is 39.5 Å². The first kappa shape index (κ1) is 18.8. The van der Waals surface area contributed by atoms with Gasteiger partial charge in [-0.15, -0.1) is 0 Å². The summed E-state index contributed by atoms with van der Waals surface area (Å²) in [7, 11) is 1.57. The van der Waals surface area contributed by atoms with Crippen LogP contribution in [0.5, 0.6) is 0 Å². The molecular formula is C21H26N2O2. The Morgan fingerprint density at radius 2 is 1.84 bits per heavy atom. The highest BCUT2D eigenvalue weighted by molar-refractivity contribution is 5.99. The summed E-state index contributed by atoms with van der Waals surface area (Å²) in [5.74, 6) is 0.383. The van der Waals surface area contributed by atoms with Crippen LogP contribution in [0, 0.1) is 5.92 Å². The number of hydrogen-bond donors (Lipinski definition) is 1. The number of nitrogens with zero attached hydrogens (tertiary/aromatic N) is 1. The van der Waals surface area contributed by atoms with Crippen LogP contribution in [0.2, 0.25) is 0 Å². The van der Waals surface area contributed by atoms with Crippen molar-refractivity contribution in [3.8, 4) is 0 Å². The third-order valence-corrected chi connectivity index (χ3v) is 4.07. The summed E-state index contributed by atoms with van der Waals surface area (Å²) in [5.41, 5.74) is 2.70. The molecule has 1 amide bonds. The third-order valence-electron chi connectivity index (χ3n) is 4.07. The highest BCUT2D eigenvalue weighted by Gasteiger charge is 2.14. The number of amides is 1. The first-order chi connectivity index (χ1) is 12.0. The molecule has 4 heteroatoms. The number of benzene rings is 1. The molecule has 0 aliphatic heterocycles. The van der Waals surface area contributed by atoms with E-state index >= 15 is 0 Å². The molecule has 0 aliphatic rings. The van der Waals surface area contributed by atoms with Gasteiger partial charge in [0.05, 0.1) is 0 Å². The highest BCUT2D eigenvalue weighted by atomic mass is 16.1. The van der Waals surface area contributed by atoms with Gasteiger partial charge in [-0.1, -0.05) is 50.6 Å². The molecule has 0 bridgehead atoms. The second-order valence-corrected chi connectivity index (χ2v) is 6.68. The summed E-state index contributed by atoms with van der Waals surface area (Å²) in [5, 5.41) is 2.58. The van der Waals surface area contributed by atoms with Gasteiger partial charge in [0.15, 0.2) is 5.78 Å². The molecule has 4 nitrogen and oxygen atoms in total. The van der Waals surface area contributed by atoms with Gasteiger partial charge in [-0.25, -0.2) is 4.98 Å². The van der Waals surface area contributed by atoms with Gasteiger partial charge < -0.3 is 5.32 Å². The Hall–Kier alpha value is -2.49. The van der Waals surface area contributed by atoms with Gasteiger partial charge in [-0.05, 0) is 30.0 Å². The lowest BCUT2D eigenvalue weighted by Crippen LogP contribution is -2.20. The van der Waals surface area contributed by atoms with Gasteiger partial charge in [0.2, 0.25) is 0 Å². The number of hydrogen-bond acceptors (Lipinski definition) is 3. The maximum Gasteiger partial charge on any atom is 0.269 e. The molecule has 0 aliphatic carbocycles. The Kier molecular flexibility index (Phi) is 6.87. The fourth-order valence-corrected chi connectivity index (χ4v) is 2.70. The highest BCUT2D eigenvalue weighted by Crippen LogP contribution is 2.15. The predicted octanol–water partition coefficient (Wildman–Crippen LogP) is 4.04. The molecule has 1 heterocycles. The van der Waals surface area contributed by atoms with Gasteiger partial charge in [0, 0.05) is 31.1 Å². The maximum absolute atomic E-state index is 12.5. The second kappa shape index (κ2) is 9.11. The Balaban J connectivity index is 2.24. The van der Waals surface area contributed by atoms with Gasteiger partial charge in [0.1, 0.15) is 5.69 Å². The largest absolute Gasteiger partial charge is 0.354 e. The zero-order valence-corrected chi connectivity index (χ0v) is 15.2. The third kappa shape index (κ3) is 5.82. The van der Waals surface area contributed by atoms with Gasteiger partial charge in [-0.3, -0.25) is 9.59 Å². The molecular weight excluding hydrogens is 312 g/mol. The average molecular weight is 338 g/mol. The molecule has 0 saturated heterocycles. The number of nitrogens with one attached hydrogen (secondary N) is 1. The van der Waals surface area contributed by atoms with E-state index in [0.29, 0.717) is 30.0 Å². The lowest BCUT2D eigenvalue weighted by Gasteiger charge is -2.09. The molecule has 0 fully saturated rings. The first-order valence-corrected chi connectivity index (χ1v) is 8.79. The molecule has 0 spiro atoms. The summed E-state index contributed by atoms with van der Waals surface area (Å²) in [6.07, 6.45) is 2.98. The van der Waals surface area contributed by atoms with Crippen molar-refractivity contribution in [3.05, 3.63) is 65.0 Å². The molecule has 1 aromatic carbocycles. The summed E-state index contributed by atoms with van der Waals surface area (Å²) < 4.78 is 0. The number of carbonyl (C=O) groups excluding carboxylic acids is 2. The Morgan fingerprint density at radius 3 is 2.48 bits per heavy atom. The summed E-state index contributed by atoms with van der Waals surface area (Å²) >= 11 is 0. The lowest BCUT2D eigenvalue weighted by molar-refractivity contribution is 0.0958. The van der Waals surface area contributed by atoms with E-state index in [9.17, 15) is 9.59 Å². The van der Waals surface area contributed by atoms with Gasteiger partial charge in [0.25, 0.3) is 5.91 Å². The van der Waals surface area contributed by atoms with Crippen LogP contribution in [-0.2, 0) is 6.42 Å². The van der Waals surface area contributed by atoms with E-state index in [0.717, 1.165) is 24.1 Å². The van der Waals surface area contributed by atoms with Gasteiger partial charge >= 0.3 is 0 Å². The molecule has 0 saturated carbocycles. The van der Waals surface area contributed by atoms with E-state index in [1.165, 1.54) is 0 Å². The minimum Gasteiger partial charge on any atom is -0.354 e. The topological polar surface area (TPSA) is 59.1 Å². The van der Waals surface area contributed by atoms with Crippen molar-refractivity contribution in [1.82, 2.24) is 10.3 Å². The molecule has 2 rings (SSSR count). The quantitative estimate of drug-likeness (QED) is 0.739. The van der Waals surface area contributed by atoms with Crippen molar-refractivity contribution in [3.63, 3.8) is 0 Å². The van der Waals surface area contributed by atoms with E-state index in [1.807, 2.05) is 36.4 Å². The molecule has 132 valence electrons. The van der Waals surface area contributed by atoms with E-state index in [2.05, 4.69) is 24.1 Å². The zero-order chi connectivity index (χ0) is 18.2.